The number of hydrogen-bond donors (Lipinski definition) is 1. The highest BCUT2D eigenvalue weighted by Crippen LogP contribution is 2.33. The zero-order valence-electron chi connectivity index (χ0n) is 11.8. The minimum atomic E-state index is -4.09. The maximum absolute atomic E-state index is 13.9. The van der Waals surface area contributed by atoms with Crippen LogP contribution in [0.15, 0.2) is 17.0 Å². The summed E-state index contributed by atoms with van der Waals surface area (Å²) in [7, 11) is -4.09. The Kier molecular flexibility index (Phi) is 4.95. The van der Waals surface area contributed by atoms with Crippen molar-refractivity contribution >= 4 is 10.0 Å². The summed E-state index contributed by atoms with van der Waals surface area (Å²) in [5.74, 6) is -2.64. The van der Waals surface area contributed by atoms with E-state index in [4.69, 9.17) is 5.11 Å². The Bertz CT molecular complexity index is 615. The van der Waals surface area contributed by atoms with Gasteiger partial charge in [0.25, 0.3) is 0 Å². The van der Waals surface area contributed by atoms with E-state index < -0.39 is 33.2 Å². The van der Waals surface area contributed by atoms with Crippen molar-refractivity contribution in [3.63, 3.8) is 0 Å². The Morgan fingerprint density at radius 2 is 2.00 bits per heavy atom. The molecular formula is C14H19F2NO3S. The van der Waals surface area contributed by atoms with Gasteiger partial charge in [0.15, 0.2) is 11.6 Å². The first-order valence-corrected chi connectivity index (χ1v) is 8.46. The standard InChI is InChI=1S/C14H19F2NO3S/c1-2-3-6-17(11-4-5-11)21(19,20)13-8-10(9-18)7-12(15)14(13)16/h7-8,11,18H,2-6,9H2,1H3. The summed E-state index contributed by atoms with van der Waals surface area (Å²) in [4.78, 5) is -0.686. The Balaban J connectivity index is 2.44. The van der Waals surface area contributed by atoms with Crippen molar-refractivity contribution in [3.8, 4) is 0 Å². The molecule has 1 aromatic carbocycles. The lowest BCUT2D eigenvalue weighted by molar-refractivity contribution is 0.280. The molecule has 0 atom stereocenters. The highest BCUT2D eigenvalue weighted by atomic mass is 32.2. The van der Waals surface area contributed by atoms with E-state index in [-0.39, 0.29) is 11.6 Å². The molecule has 7 heteroatoms. The average Bonchev–Trinajstić information content (AvgIpc) is 3.26. The summed E-state index contributed by atoms with van der Waals surface area (Å²) in [6.07, 6.45) is 2.96. The first kappa shape index (κ1) is 16.3. The number of aliphatic hydroxyl groups is 1. The van der Waals surface area contributed by atoms with Gasteiger partial charge in [-0.3, -0.25) is 0 Å². The quantitative estimate of drug-likeness (QED) is 0.839. The van der Waals surface area contributed by atoms with Crippen molar-refractivity contribution in [3.05, 3.63) is 29.3 Å². The summed E-state index contributed by atoms with van der Waals surface area (Å²) in [6.45, 7) is 1.69. The average molecular weight is 319 g/mol. The molecule has 0 bridgehead atoms. The summed E-state index contributed by atoms with van der Waals surface area (Å²) < 4.78 is 53.9. The third kappa shape index (κ3) is 3.41. The van der Waals surface area contributed by atoms with Crippen LogP contribution in [0.1, 0.15) is 38.2 Å². The molecule has 0 saturated heterocycles. The minimum Gasteiger partial charge on any atom is -0.392 e. The van der Waals surface area contributed by atoms with Gasteiger partial charge < -0.3 is 5.11 Å². The summed E-state index contributed by atoms with van der Waals surface area (Å²) in [5, 5.41) is 9.05. The second-order valence-corrected chi connectivity index (χ2v) is 7.11. The van der Waals surface area contributed by atoms with Gasteiger partial charge in [0, 0.05) is 12.6 Å². The maximum atomic E-state index is 13.9. The van der Waals surface area contributed by atoms with Gasteiger partial charge in [0.1, 0.15) is 4.90 Å². The van der Waals surface area contributed by atoms with Crippen LogP contribution in [0.5, 0.6) is 0 Å². The topological polar surface area (TPSA) is 57.6 Å². The predicted octanol–water partition coefficient (Wildman–Crippen LogP) is 2.41. The third-order valence-corrected chi connectivity index (χ3v) is 5.46. The van der Waals surface area contributed by atoms with Gasteiger partial charge >= 0.3 is 0 Å². The number of nitrogens with zero attached hydrogens (tertiary/aromatic N) is 1. The molecule has 1 fully saturated rings. The number of halogens is 2. The third-order valence-electron chi connectivity index (χ3n) is 3.51. The predicted molar refractivity (Wildman–Crippen MR) is 74.1 cm³/mol. The van der Waals surface area contributed by atoms with Crippen molar-refractivity contribution < 1.29 is 22.3 Å². The summed E-state index contributed by atoms with van der Waals surface area (Å²) in [5.41, 5.74) is 0.0405. The zero-order chi connectivity index (χ0) is 15.6. The summed E-state index contributed by atoms with van der Waals surface area (Å²) >= 11 is 0. The Morgan fingerprint density at radius 3 is 2.52 bits per heavy atom. The van der Waals surface area contributed by atoms with Gasteiger partial charge in [-0.05, 0) is 37.0 Å². The fourth-order valence-corrected chi connectivity index (χ4v) is 4.05. The molecule has 0 aliphatic heterocycles. The molecular weight excluding hydrogens is 300 g/mol. The zero-order valence-corrected chi connectivity index (χ0v) is 12.7. The largest absolute Gasteiger partial charge is 0.392 e. The lowest BCUT2D eigenvalue weighted by Gasteiger charge is -2.22. The molecule has 21 heavy (non-hydrogen) atoms. The van der Waals surface area contributed by atoms with E-state index in [9.17, 15) is 17.2 Å². The summed E-state index contributed by atoms with van der Waals surface area (Å²) in [6, 6.07) is 1.69. The van der Waals surface area contributed by atoms with Crippen LogP contribution < -0.4 is 0 Å². The second-order valence-electron chi connectivity index (χ2n) is 5.25. The number of benzene rings is 1. The van der Waals surface area contributed by atoms with E-state index in [0.717, 1.165) is 31.4 Å². The molecule has 4 nitrogen and oxygen atoms in total. The number of unbranched alkanes of at least 4 members (excludes halogenated alkanes) is 1. The Labute approximate surface area is 123 Å². The lowest BCUT2D eigenvalue weighted by atomic mass is 10.2. The van der Waals surface area contributed by atoms with Crippen LogP contribution in [0, 0.1) is 11.6 Å². The van der Waals surface area contributed by atoms with Gasteiger partial charge in [-0.25, -0.2) is 17.2 Å². The molecule has 0 amide bonds. The normalized spacial score (nSPS) is 15.7. The second kappa shape index (κ2) is 6.37. The van der Waals surface area contributed by atoms with Crippen LogP contribution in [0.2, 0.25) is 0 Å². The SMILES string of the molecule is CCCCN(C1CC1)S(=O)(=O)c1cc(CO)cc(F)c1F. The van der Waals surface area contributed by atoms with Crippen molar-refractivity contribution in [2.75, 3.05) is 6.54 Å². The molecule has 1 aliphatic rings. The molecule has 0 unspecified atom stereocenters. The molecule has 1 aromatic rings. The molecule has 1 N–H and O–H groups in total. The minimum absolute atomic E-state index is 0.0405. The maximum Gasteiger partial charge on any atom is 0.246 e. The number of rotatable bonds is 7. The van der Waals surface area contributed by atoms with E-state index in [0.29, 0.717) is 13.0 Å². The van der Waals surface area contributed by atoms with Gasteiger partial charge in [0.05, 0.1) is 6.61 Å². The van der Waals surface area contributed by atoms with Crippen LogP contribution in [-0.4, -0.2) is 30.4 Å². The molecule has 0 radical (unpaired) electrons. The van der Waals surface area contributed by atoms with E-state index in [1.165, 1.54) is 4.31 Å². The van der Waals surface area contributed by atoms with Crippen LogP contribution >= 0.6 is 0 Å². The van der Waals surface area contributed by atoms with Gasteiger partial charge in [0.2, 0.25) is 10.0 Å². The molecule has 2 rings (SSSR count). The monoisotopic (exact) mass is 319 g/mol. The highest BCUT2D eigenvalue weighted by molar-refractivity contribution is 7.89. The van der Waals surface area contributed by atoms with E-state index in [1.807, 2.05) is 6.92 Å². The Hall–Kier alpha value is -1.05. The molecule has 0 spiro atoms. The molecule has 0 heterocycles. The molecule has 0 aromatic heterocycles. The molecule has 118 valence electrons. The van der Waals surface area contributed by atoms with Crippen LogP contribution in [0.25, 0.3) is 0 Å². The van der Waals surface area contributed by atoms with Crippen molar-refractivity contribution in [1.82, 2.24) is 4.31 Å². The fraction of sp³-hybridized carbons (Fsp3) is 0.571. The van der Waals surface area contributed by atoms with Gasteiger partial charge in [-0.15, -0.1) is 0 Å². The number of hydrogen-bond acceptors (Lipinski definition) is 3. The van der Waals surface area contributed by atoms with Crippen molar-refractivity contribution in [1.29, 1.82) is 0 Å². The fourth-order valence-electron chi connectivity index (χ4n) is 2.20. The van der Waals surface area contributed by atoms with E-state index in [2.05, 4.69) is 0 Å². The van der Waals surface area contributed by atoms with E-state index >= 15 is 0 Å². The highest BCUT2D eigenvalue weighted by Gasteiger charge is 2.39. The smallest absolute Gasteiger partial charge is 0.246 e. The number of aliphatic hydroxyl groups excluding tert-OH is 1. The van der Waals surface area contributed by atoms with Gasteiger partial charge in [-0.1, -0.05) is 13.3 Å². The van der Waals surface area contributed by atoms with Crippen LogP contribution in [0.3, 0.4) is 0 Å². The van der Waals surface area contributed by atoms with Gasteiger partial charge in [-0.2, -0.15) is 4.31 Å². The molecule has 1 saturated carbocycles. The van der Waals surface area contributed by atoms with E-state index in [1.54, 1.807) is 0 Å². The van der Waals surface area contributed by atoms with Crippen LogP contribution in [-0.2, 0) is 16.6 Å². The first-order chi connectivity index (χ1) is 9.91. The molecule has 1 aliphatic carbocycles. The lowest BCUT2D eigenvalue weighted by Crippen LogP contribution is -2.34. The first-order valence-electron chi connectivity index (χ1n) is 7.02. The Morgan fingerprint density at radius 1 is 1.33 bits per heavy atom. The van der Waals surface area contributed by atoms with Crippen molar-refractivity contribution in [2.45, 2.75) is 50.2 Å². The van der Waals surface area contributed by atoms with Crippen LogP contribution in [0.4, 0.5) is 8.78 Å². The van der Waals surface area contributed by atoms with Crippen molar-refractivity contribution in [2.24, 2.45) is 0 Å². The number of sulfonamides is 1.